The number of anilines is 1. The van der Waals surface area contributed by atoms with Gasteiger partial charge in [0.2, 0.25) is 0 Å². The number of pyridine rings is 1. The largest absolute Gasteiger partial charge is 0.441 e. The van der Waals surface area contributed by atoms with E-state index in [4.69, 9.17) is 16.0 Å². The minimum atomic E-state index is -0.680. The predicted molar refractivity (Wildman–Crippen MR) is 101 cm³/mol. The Morgan fingerprint density at radius 1 is 1.22 bits per heavy atom. The first-order valence-electron chi connectivity index (χ1n) is 8.09. The van der Waals surface area contributed by atoms with E-state index in [9.17, 15) is 9.18 Å². The molecule has 27 heavy (non-hydrogen) atoms. The van der Waals surface area contributed by atoms with Crippen molar-refractivity contribution >= 4 is 34.3 Å². The normalized spacial score (nSPS) is 10.9. The van der Waals surface area contributed by atoms with Gasteiger partial charge >= 0.3 is 0 Å². The van der Waals surface area contributed by atoms with Crippen LogP contribution in [0.3, 0.4) is 0 Å². The molecule has 0 fully saturated rings. The van der Waals surface area contributed by atoms with Crippen molar-refractivity contribution in [1.29, 1.82) is 0 Å². The Hall–Kier alpha value is -3.25. The molecule has 7 heteroatoms. The molecule has 0 saturated carbocycles. The summed E-state index contributed by atoms with van der Waals surface area (Å²) < 4.78 is 19.3. The lowest BCUT2D eigenvalue weighted by atomic mass is 10.0. The quantitative estimate of drug-likeness (QED) is 0.526. The Kier molecular flexibility index (Phi) is 4.33. The number of benzene rings is 2. The van der Waals surface area contributed by atoms with Crippen LogP contribution in [0.25, 0.3) is 22.2 Å². The van der Waals surface area contributed by atoms with Gasteiger partial charge in [-0.2, -0.15) is 0 Å². The summed E-state index contributed by atoms with van der Waals surface area (Å²) in [7, 11) is 0. The monoisotopic (exact) mass is 381 g/mol. The van der Waals surface area contributed by atoms with Gasteiger partial charge in [0, 0.05) is 24.4 Å². The number of oxazole rings is 1. The summed E-state index contributed by atoms with van der Waals surface area (Å²) in [6, 6.07) is 12.0. The van der Waals surface area contributed by atoms with Crippen LogP contribution in [0.1, 0.15) is 16.2 Å². The molecule has 1 amide bonds. The van der Waals surface area contributed by atoms with Crippen LogP contribution in [-0.4, -0.2) is 15.9 Å². The summed E-state index contributed by atoms with van der Waals surface area (Å²) in [5.41, 5.74) is 3.26. The molecule has 4 rings (SSSR count). The van der Waals surface area contributed by atoms with Crippen molar-refractivity contribution in [1.82, 2.24) is 9.97 Å². The van der Waals surface area contributed by atoms with E-state index in [-0.39, 0.29) is 5.56 Å². The Labute approximate surface area is 158 Å². The summed E-state index contributed by atoms with van der Waals surface area (Å²) in [4.78, 5) is 20.2. The zero-order valence-electron chi connectivity index (χ0n) is 14.2. The number of hydrogen-bond donors (Lipinski definition) is 1. The highest BCUT2D eigenvalue weighted by Gasteiger charge is 2.13. The molecule has 0 aliphatic carbocycles. The molecule has 0 bridgehead atoms. The number of fused-ring (bicyclic) bond motifs is 1. The lowest BCUT2D eigenvalue weighted by molar-refractivity contribution is 0.102. The fourth-order valence-corrected chi connectivity index (χ4v) is 3.07. The second kappa shape index (κ2) is 6.81. The smallest absolute Gasteiger partial charge is 0.258 e. The molecular formula is C20H13ClFN3O2. The number of halogens is 2. The van der Waals surface area contributed by atoms with Gasteiger partial charge in [0.15, 0.2) is 17.3 Å². The second-order valence-corrected chi connectivity index (χ2v) is 6.33. The van der Waals surface area contributed by atoms with Crippen LogP contribution in [0.5, 0.6) is 0 Å². The highest BCUT2D eigenvalue weighted by Crippen LogP contribution is 2.33. The van der Waals surface area contributed by atoms with E-state index < -0.39 is 11.7 Å². The van der Waals surface area contributed by atoms with Crippen LogP contribution in [0.4, 0.5) is 10.1 Å². The number of aryl methyl sites for hydroxylation is 1. The van der Waals surface area contributed by atoms with E-state index in [2.05, 4.69) is 15.3 Å². The number of nitrogens with one attached hydrogen (secondary N) is 1. The standard InChI is InChI=1S/C20H13ClFN3O2/c1-11-24-18-9-16(21)15(8-19(18)27-11)12-3-2-4-13(7-12)25-20(26)14-5-6-23-10-17(14)22/h2-10H,1H3,(H,25,26). The average Bonchev–Trinajstić information content (AvgIpc) is 3.00. The summed E-state index contributed by atoms with van der Waals surface area (Å²) in [6.45, 7) is 1.77. The first-order valence-corrected chi connectivity index (χ1v) is 8.47. The van der Waals surface area contributed by atoms with Crippen LogP contribution in [0.15, 0.2) is 59.3 Å². The van der Waals surface area contributed by atoms with Gasteiger partial charge in [-0.05, 0) is 35.9 Å². The number of rotatable bonds is 3. The molecule has 0 atom stereocenters. The third kappa shape index (κ3) is 3.39. The number of nitrogens with zero attached hydrogens (tertiary/aromatic N) is 2. The Bertz CT molecular complexity index is 1170. The van der Waals surface area contributed by atoms with Crippen LogP contribution < -0.4 is 5.32 Å². The summed E-state index contributed by atoms with van der Waals surface area (Å²) >= 11 is 6.40. The second-order valence-electron chi connectivity index (χ2n) is 5.92. The zero-order chi connectivity index (χ0) is 19.0. The number of aromatic nitrogens is 2. The number of hydrogen-bond acceptors (Lipinski definition) is 4. The highest BCUT2D eigenvalue weighted by atomic mass is 35.5. The minimum absolute atomic E-state index is 0.0769. The van der Waals surface area contributed by atoms with Gasteiger partial charge in [0.1, 0.15) is 5.52 Å². The maximum Gasteiger partial charge on any atom is 0.258 e. The fraction of sp³-hybridized carbons (Fsp3) is 0.0500. The van der Waals surface area contributed by atoms with Gasteiger partial charge in [0.25, 0.3) is 5.91 Å². The fourth-order valence-electron chi connectivity index (χ4n) is 2.81. The predicted octanol–water partition coefficient (Wildman–Crippen LogP) is 5.24. The Morgan fingerprint density at radius 3 is 2.89 bits per heavy atom. The maximum atomic E-state index is 13.7. The molecule has 0 aliphatic rings. The Balaban J connectivity index is 1.68. The summed E-state index contributed by atoms with van der Waals surface area (Å²) in [6.07, 6.45) is 2.36. The molecule has 1 N–H and O–H groups in total. The zero-order valence-corrected chi connectivity index (χ0v) is 14.9. The van der Waals surface area contributed by atoms with Crippen molar-refractivity contribution in [2.24, 2.45) is 0 Å². The molecule has 2 aromatic carbocycles. The highest BCUT2D eigenvalue weighted by molar-refractivity contribution is 6.34. The van der Waals surface area contributed by atoms with Gasteiger partial charge in [-0.25, -0.2) is 9.37 Å². The molecule has 0 saturated heterocycles. The molecule has 134 valence electrons. The van der Waals surface area contributed by atoms with Gasteiger partial charge in [0.05, 0.1) is 16.8 Å². The number of carbonyl (C=O) groups is 1. The van der Waals surface area contributed by atoms with Crippen molar-refractivity contribution in [2.75, 3.05) is 5.32 Å². The van der Waals surface area contributed by atoms with Gasteiger partial charge < -0.3 is 9.73 Å². The van der Waals surface area contributed by atoms with Gasteiger partial charge in [-0.15, -0.1) is 0 Å². The van der Waals surface area contributed by atoms with E-state index in [0.29, 0.717) is 27.7 Å². The van der Waals surface area contributed by atoms with Crippen LogP contribution in [-0.2, 0) is 0 Å². The van der Waals surface area contributed by atoms with Crippen LogP contribution in [0, 0.1) is 12.7 Å². The molecule has 5 nitrogen and oxygen atoms in total. The molecule has 4 aromatic rings. The van der Waals surface area contributed by atoms with Crippen molar-refractivity contribution in [2.45, 2.75) is 6.92 Å². The summed E-state index contributed by atoms with van der Waals surface area (Å²) in [5, 5.41) is 3.20. The topological polar surface area (TPSA) is 68.0 Å². The summed E-state index contributed by atoms with van der Waals surface area (Å²) in [5.74, 6) is -0.682. The van der Waals surface area contributed by atoms with Crippen molar-refractivity contribution in [3.8, 4) is 11.1 Å². The first kappa shape index (κ1) is 17.2. The minimum Gasteiger partial charge on any atom is -0.441 e. The number of carbonyl (C=O) groups excluding carboxylic acids is 1. The maximum absolute atomic E-state index is 13.7. The van der Waals surface area contributed by atoms with E-state index in [1.165, 1.54) is 12.3 Å². The van der Waals surface area contributed by atoms with Gasteiger partial charge in [-0.3, -0.25) is 9.78 Å². The molecular weight excluding hydrogens is 369 g/mol. The SMILES string of the molecule is Cc1nc2cc(Cl)c(-c3cccc(NC(=O)c4ccncc4F)c3)cc2o1. The van der Waals surface area contributed by atoms with Crippen molar-refractivity contribution in [3.63, 3.8) is 0 Å². The molecule has 0 aliphatic heterocycles. The molecule has 0 unspecified atom stereocenters. The number of amides is 1. The van der Waals surface area contributed by atoms with E-state index in [1.807, 2.05) is 6.07 Å². The van der Waals surface area contributed by atoms with Crippen molar-refractivity contribution in [3.05, 3.63) is 77.2 Å². The molecule has 0 radical (unpaired) electrons. The molecule has 2 aromatic heterocycles. The third-order valence-corrected chi connectivity index (χ3v) is 4.35. The van der Waals surface area contributed by atoms with E-state index in [1.54, 1.807) is 37.3 Å². The lowest BCUT2D eigenvalue weighted by Crippen LogP contribution is -2.13. The van der Waals surface area contributed by atoms with E-state index >= 15 is 0 Å². The first-order chi connectivity index (χ1) is 13.0. The van der Waals surface area contributed by atoms with Gasteiger partial charge in [-0.1, -0.05) is 23.7 Å². The molecule has 0 spiro atoms. The van der Waals surface area contributed by atoms with Crippen LogP contribution >= 0.6 is 11.6 Å². The van der Waals surface area contributed by atoms with Crippen molar-refractivity contribution < 1.29 is 13.6 Å². The Morgan fingerprint density at radius 2 is 2.07 bits per heavy atom. The average molecular weight is 382 g/mol. The molecule has 2 heterocycles. The van der Waals surface area contributed by atoms with Crippen LogP contribution in [0.2, 0.25) is 5.02 Å². The lowest BCUT2D eigenvalue weighted by Gasteiger charge is -2.09. The van der Waals surface area contributed by atoms with E-state index in [0.717, 1.165) is 17.3 Å². The third-order valence-electron chi connectivity index (χ3n) is 4.03.